The fraction of sp³-hybridized carbons (Fsp3) is 0.417. The minimum absolute atomic E-state index is 0.181. The van der Waals surface area contributed by atoms with Crippen LogP contribution >= 0.6 is 23.2 Å². The summed E-state index contributed by atoms with van der Waals surface area (Å²) in [6.45, 7) is 0.981. The third-order valence-electron chi connectivity index (χ3n) is 2.99. The number of hydrogen-bond acceptors (Lipinski definition) is 3. The second-order valence-electron chi connectivity index (χ2n) is 4.41. The first-order valence-electron chi connectivity index (χ1n) is 5.71. The standard InChI is InChI=1S/C12H14Cl2N2O2/c13-9-4-7(5-10(15)11(9)14)12(18)16-3-1-2-8(17)6-16/h4-5,8,17H,1-3,6,15H2. The largest absolute Gasteiger partial charge is 0.397 e. The van der Waals surface area contributed by atoms with E-state index in [1.807, 2.05) is 0 Å². The van der Waals surface area contributed by atoms with Gasteiger partial charge in [-0.05, 0) is 25.0 Å². The van der Waals surface area contributed by atoms with Crippen molar-refractivity contribution >= 4 is 34.8 Å². The van der Waals surface area contributed by atoms with Gasteiger partial charge in [0, 0.05) is 18.7 Å². The van der Waals surface area contributed by atoms with Gasteiger partial charge in [-0.25, -0.2) is 0 Å². The number of hydrogen-bond donors (Lipinski definition) is 2. The lowest BCUT2D eigenvalue weighted by Gasteiger charge is -2.30. The minimum Gasteiger partial charge on any atom is -0.397 e. The number of carbonyl (C=O) groups is 1. The lowest BCUT2D eigenvalue weighted by atomic mass is 10.1. The van der Waals surface area contributed by atoms with Crippen LogP contribution in [-0.2, 0) is 0 Å². The Morgan fingerprint density at radius 3 is 2.78 bits per heavy atom. The highest BCUT2D eigenvalue weighted by Gasteiger charge is 2.23. The summed E-state index contributed by atoms with van der Waals surface area (Å²) >= 11 is 11.7. The van der Waals surface area contributed by atoms with E-state index < -0.39 is 6.10 Å². The Hall–Kier alpha value is -0.970. The molecule has 6 heteroatoms. The SMILES string of the molecule is Nc1cc(C(=O)N2CCCC(O)C2)cc(Cl)c1Cl. The highest BCUT2D eigenvalue weighted by molar-refractivity contribution is 6.43. The van der Waals surface area contributed by atoms with Crippen molar-refractivity contribution in [3.63, 3.8) is 0 Å². The number of rotatable bonds is 1. The van der Waals surface area contributed by atoms with Crippen molar-refractivity contribution in [1.29, 1.82) is 0 Å². The second-order valence-corrected chi connectivity index (χ2v) is 5.19. The Bertz CT molecular complexity index is 456. The number of likely N-dealkylation sites (tertiary alicyclic amines) is 1. The number of aliphatic hydroxyl groups excluding tert-OH is 1. The van der Waals surface area contributed by atoms with Crippen LogP contribution in [0.5, 0.6) is 0 Å². The average molecular weight is 289 g/mol. The molecule has 3 N–H and O–H groups in total. The number of halogens is 2. The van der Waals surface area contributed by atoms with Gasteiger partial charge in [0.15, 0.2) is 0 Å². The normalized spacial score (nSPS) is 19.9. The van der Waals surface area contributed by atoms with Crippen LogP contribution in [0.3, 0.4) is 0 Å². The molecule has 1 atom stereocenters. The summed E-state index contributed by atoms with van der Waals surface area (Å²) in [4.78, 5) is 13.8. The third-order valence-corrected chi connectivity index (χ3v) is 3.80. The van der Waals surface area contributed by atoms with Gasteiger partial charge in [-0.1, -0.05) is 23.2 Å². The first kappa shape index (κ1) is 13.5. The number of carbonyl (C=O) groups excluding carboxylic acids is 1. The molecule has 4 nitrogen and oxygen atoms in total. The van der Waals surface area contributed by atoms with E-state index >= 15 is 0 Å². The number of β-amino-alcohol motifs (C(OH)–C–C–N with tert-alkyl or cyclic N) is 1. The van der Waals surface area contributed by atoms with Crippen molar-refractivity contribution in [2.24, 2.45) is 0 Å². The molecule has 1 aromatic rings. The van der Waals surface area contributed by atoms with Gasteiger partial charge >= 0.3 is 0 Å². The van der Waals surface area contributed by atoms with Crippen LogP contribution in [0.15, 0.2) is 12.1 Å². The molecular formula is C12H14Cl2N2O2. The number of nitrogens with two attached hydrogens (primary N) is 1. The summed E-state index contributed by atoms with van der Waals surface area (Å²) in [7, 11) is 0. The molecule has 1 unspecified atom stereocenters. The maximum absolute atomic E-state index is 12.2. The first-order chi connectivity index (χ1) is 8.49. The summed E-state index contributed by atoms with van der Waals surface area (Å²) in [5.74, 6) is -0.181. The molecule has 0 aliphatic carbocycles. The molecule has 1 amide bonds. The summed E-state index contributed by atoms with van der Waals surface area (Å²) in [6.07, 6.45) is 1.07. The van der Waals surface area contributed by atoms with Gasteiger partial charge < -0.3 is 15.7 Å². The molecule has 0 saturated carbocycles. The molecule has 0 aromatic heterocycles. The van der Waals surface area contributed by atoms with E-state index in [1.54, 1.807) is 4.90 Å². The molecule has 18 heavy (non-hydrogen) atoms. The van der Waals surface area contributed by atoms with Crippen molar-refractivity contribution in [2.45, 2.75) is 18.9 Å². The van der Waals surface area contributed by atoms with Crippen molar-refractivity contribution in [1.82, 2.24) is 4.90 Å². The van der Waals surface area contributed by atoms with Gasteiger partial charge in [0.2, 0.25) is 0 Å². The Morgan fingerprint density at radius 2 is 2.17 bits per heavy atom. The summed E-state index contributed by atoms with van der Waals surface area (Å²) in [5.41, 5.74) is 6.36. The molecule has 1 aliphatic rings. The molecule has 1 saturated heterocycles. The second kappa shape index (κ2) is 5.34. The zero-order chi connectivity index (χ0) is 13.3. The minimum atomic E-state index is -0.456. The monoisotopic (exact) mass is 288 g/mol. The number of amides is 1. The molecule has 0 radical (unpaired) electrons. The quantitative estimate of drug-likeness (QED) is 0.779. The molecule has 1 aliphatic heterocycles. The number of nitrogen functional groups attached to an aromatic ring is 1. The molecule has 1 heterocycles. The molecule has 2 rings (SSSR count). The zero-order valence-corrected chi connectivity index (χ0v) is 11.2. The maximum atomic E-state index is 12.2. The van der Waals surface area contributed by atoms with E-state index in [-0.39, 0.29) is 21.6 Å². The predicted octanol–water partition coefficient (Wildman–Crippen LogP) is 2.17. The molecule has 1 fully saturated rings. The van der Waals surface area contributed by atoms with E-state index in [1.165, 1.54) is 12.1 Å². The van der Waals surface area contributed by atoms with Crippen molar-refractivity contribution < 1.29 is 9.90 Å². The fourth-order valence-electron chi connectivity index (χ4n) is 2.06. The van der Waals surface area contributed by atoms with Crippen molar-refractivity contribution in [3.05, 3.63) is 27.7 Å². The van der Waals surface area contributed by atoms with Crippen molar-refractivity contribution in [3.8, 4) is 0 Å². The van der Waals surface area contributed by atoms with Gasteiger partial charge in [-0.3, -0.25) is 4.79 Å². The molecule has 0 bridgehead atoms. The highest BCUT2D eigenvalue weighted by atomic mass is 35.5. The number of piperidine rings is 1. The average Bonchev–Trinajstić information content (AvgIpc) is 2.34. The van der Waals surface area contributed by atoms with E-state index in [0.29, 0.717) is 18.7 Å². The number of benzene rings is 1. The Balaban J connectivity index is 2.23. The van der Waals surface area contributed by atoms with Crippen LogP contribution in [-0.4, -0.2) is 35.1 Å². The van der Waals surface area contributed by atoms with Crippen LogP contribution in [0.2, 0.25) is 10.0 Å². The topological polar surface area (TPSA) is 66.6 Å². The first-order valence-corrected chi connectivity index (χ1v) is 6.46. The van der Waals surface area contributed by atoms with E-state index in [4.69, 9.17) is 28.9 Å². The van der Waals surface area contributed by atoms with E-state index in [0.717, 1.165) is 12.8 Å². The fourth-order valence-corrected chi connectivity index (χ4v) is 2.39. The summed E-state index contributed by atoms with van der Waals surface area (Å²) < 4.78 is 0. The Kier molecular flexibility index (Phi) is 4.00. The van der Waals surface area contributed by atoms with Crippen LogP contribution in [0.25, 0.3) is 0 Å². The van der Waals surface area contributed by atoms with Gasteiger partial charge in [0.1, 0.15) is 0 Å². The summed E-state index contributed by atoms with van der Waals surface area (Å²) in [5, 5.41) is 10.1. The van der Waals surface area contributed by atoms with Gasteiger partial charge in [-0.2, -0.15) is 0 Å². The van der Waals surface area contributed by atoms with E-state index in [2.05, 4.69) is 0 Å². The Labute approximate surface area is 115 Å². The van der Waals surface area contributed by atoms with Crippen LogP contribution in [0, 0.1) is 0 Å². The highest BCUT2D eigenvalue weighted by Crippen LogP contribution is 2.30. The van der Waals surface area contributed by atoms with Crippen LogP contribution in [0.1, 0.15) is 23.2 Å². The van der Waals surface area contributed by atoms with Gasteiger partial charge in [0.25, 0.3) is 5.91 Å². The van der Waals surface area contributed by atoms with E-state index in [9.17, 15) is 9.90 Å². The molecule has 98 valence electrons. The van der Waals surface area contributed by atoms with Gasteiger partial charge in [0.05, 0.1) is 21.8 Å². The molecule has 1 aromatic carbocycles. The molecule has 0 spiro atoms. The number of aliphatic hydroxyl groups is 1. The zero-order valence-electron chi connectivity index (χ0n) is 9.70. The molecular weight excluding hydrogens is 275 g/mol. The van der Waals surface area contributed by atoms with Gasteiger partial charge in [-0.15, -0.1) is 0 Å². The maximum Gasteiger partial charge on any atom is 0.254 e. The van der Waals surface area contributed by atoms with Crippen LogP contribution in [0.4, 0.5) is 5.69 Å². The van der Waals surface area contributed by atoms with Crippen molar-refractivity contribution in [2.75, 3.05) is 18.8 Å². The predicted molar refractivity (Wildman–Crippen MR) is 72.0 cm³/mol. The number of nitrogens with zero attached hydrogens (tertiary/aromatic N) is 1. The third kappa shape index (κ3) is 2.71. The Morgan fingerprint density at radius 1 is 1.44 bits per heavy atom. The summed E-state index contributed by atoms with van der Waals surface area (Å²) in [6, 6.07) is 3.01. The smallest absolute Gasteiger partial charge is 0.254 e. The van der Waals surface area contributed by atoms with Crippen LogP contribution < -0.4 is 5.73 Å². The lowest BCUT2D eigenvalue weighted by molar-refractivity contribution is 0.0474. The lowest BCUT2D eigenvalue weighted by Crippen LogP contribution is -2.42. The number of anilines is 1.